The lowest BCUT2D eigenvalue weighted by atomic mass is 9.94. The molecule has 4 nitrogen and oxygen atoms in total. The minimum Gasteiger partial charge on any atom is -0.366 e. The third-order valence-electron chi connectivity index (χ3n) is 3.89. The van der Waals surface area contributed by atoms with Crippen LogP contribution >= 0.6 is 0 Å². The number of nitrogens with one attached hydrogen (secondary N) is 1. The number of nitrogens with zero attached hydrogens (tertiary/aromatic N) is 1. The van der Waals surface area contributed by atoms with E-state index in [4.69, 9.17) is 5.73 Å². The van der Waals surface area contributed by atoms with Crippen LogP contribution in [0.15, 0.2) is 24.3 Å². The van der Waals surface area contributed by atoms with Crippen LogP contribution in [0.25, 0.3) is 0 Å². The largest absolute Gasteiger partial charge is 0.366 e. The van der Waals surface area contributed by atoms with E-state index in [-0.39, 0.29) is 5.91 Å². The second kappa shape index (κ2) is 6.17. The standard InChI is InChI=1S/C15H23N3O/c1-11-10-18(2)7-6-14(11)17-9-12-4-3-5-13(8-12)15(16)19/h3-5,8,11,14,17H,6-7,9-10H2,1-2H3,(H2,16,19). The predicted molar refractivity (Wildman–Crippen MR) is 76.9 cm³/mol. The summed E-state index contributed by atoms with van der Waals surface area (Å²) in [5, 5.41) is 3.60. The zero-order valence-corrected chi connectivity index (χ0v) is 11.7. The minimum atomic E-state index is -0.366. The van der Waals surface area contributed by atoms with Crippen LogP contribution in [-0.4, -0.2) is 37.0 Å². The highest BCUT2D eigenvalue weighted by molar-refractivity contribution is 5.92. The fraction of sp³-hybridized carbons (Fsp3) is 0.533. The van der Waals surface area contributed by atoms with Crippen LogP contribution < -0.4 is 11.1 Å². The molecule has 1 amide bonds. The quantitative estimate of drug-likeness (QED) is 0.856. The fourth-order valence-electron chi connectivity index (χ4n) is 2.74. The molecule has 0 radical (unpaired) electrons. The smallest absolute Gasteiger partial charge is 0.248 e. The topological polar surface area (TPSA) is 58.4 Å². The molecule has 4 heteroatoms. The number of likely N-dealkylation sites (tertiary alicyclic amines) is 1. The molecule has 2 rings (SSSR count). The van der Waals surface area contributed by atoms with E-state index in [0.717, 1.165) is 25.2 Å². The van der Waals surface area contributed by atoms with Crippen LogP contribution in [0.2, 0.25) is 0 Å². The molecule has 0 aliphatic carbocycles. The molecule has 1 aliphatic heterocycles. The molecule has 3 N–H and O–H groups in total. The number of benzene rings is 1. The first kappa shape index (κ1) is 14.0. The van der Waals surface area contributed by atoms with Crippen molar-refractivity contribution in [1.82, 2.24) is 10.2 Å². The Morgan fingerprint density at radius 3 is 3.00 bits per heavy atom. The van der Waals surface area contributed by atoms with E-state index in [1.165, 1.54) is 6.42 Å². The molecule has 2 unspecified atom stereocenters. The lowest BCUT2D eigenvalue weighted by Crippen LogP contribution is -2.46. The molecule has 0 spiro atoms. The van der Waals surface area contributed by atoms with Crippen molar-refractivity contribution < 1.29 is 4.79 Å². The van der Waals surface area contributed by atoms with Crippen LogP contribution in [0.1, 0.15) is 29.3 Å². The van der Waals surface area contributed by atoms with E-state index in [9.17, 15) is 4.79 Å². The zero-order chi connectivity index (χ0) is 13.8. The first-order valence-corrected chi connectivity index (χ1v) is 6.87. The van der Waals surface area contributed by atoms with Crippen LogP contribution in [0.5, 0.6) is 0 Å². The van der Waals surface area contributed by atoms with Gasteiger partial charge in [0.25, 0.3) is 0 Å². The summed E-state index contributed by atoms with van der Waals surface area (Å²) in [7, 11) is 2.17. The Morgan fingerprint density at radius 2 is 2.32 bits per heavy atom. The van der Waals surface area contributed by atoms with Gasteiger partial charge in [-0.25, -0.2) is 0 Å². The van der Waals surface area contributed by atoms with Gasteiger partial charge in [-0.15, -0.1) is 0 Å². The van der Waals surface area contributed by atoms with Gasteiger partial charge in [0.1, 0.15) is 0 Å². The summed E-state index contributed by atoms with van der Waals surface area (Å²) < 4.78 is 0. The van der Waals surface area contributed by atoms with E-state index in [0.29, 0.717) is 17.5 Å². The van der Waals surface area contributed by atoms with Gasteiger partial charge < -0.3 is 16.0 Å². The Balaban J connectivity index is 1.91. The third-order valence-corrected chi connectivity index (χ3v) is 3.89. The number of hydrogen-bond donors (Lipinski definition) is 2. The number of hydrogen-bond acceptors (Lipinski definition) is 3. The van der Waals surface area contributed by atoms with Gasteiger partial charge in [0.15, 0.2) is 0 Å². The molecule has 2 atom stereocenters. The number of carbonyl (C=O) groups is 1. The molecule has 19 heavy (non-hydrogen) atoms. The zero-order valence-electron chi connectivity index (χ0n) is 11.7. The molecule has 1 heterocycles. The number of primary amides is 1. The van der Waals surface area contributed by atoms with Gasteiger partial charge in [0.2, 0.25) is 5.91 Å². The SMILES string of the molecule is CC1CN(C)CCC1NCc1cccc(C(N)=O)c1. The normalized spacial score (nSPS) is 24.3. The summed E-state index contributed by atoms with van der Waals surface area (Å²) in [6.45, 7) is 5.36. The number of carbonyl (C=O) groups excluding carboxylic acids is 1. The number of amides is 1. The van der Waals surface area contributed by atoms with Crippen molar-refractivity contribution >= 4 is 5.91 Å². The van der Waals surface area contributed by atoms with Crippen molar-refractivity contribution in [3.63, 3.8) is 0 Å². The molecule has 0 bridgehead atoms. The fourth-order valence-corrected chi connectivity index (χ4v) is 2.74. The Labute approximate surface area is 115 Å². The van der Waals surface area contributed by atoms with Crippen LogP contribution in [0.3, 0.4) is 0 Å². The van der Waals surface area contributed by atoms with Gasteiger partial charge in [-0.1, -0.05) is 19.1 Å². The van der Waals surface area contributed by atoms with Gasteiger partial charge >= 0.3 is 0 Å². The summed E-state index contributed by atoms with van der Waals surface area (Å²) >= 11 is 0. The van der Waals surface area contributed by atoms with Crippen molar-refractivity contribution in [1.29, 1.82) is 0 Å². The predicted octanol–water partition coefficient (Wildman–Crippen LogP) is 1.22. The van der Waals surface area contributed by atoms with Crippen molar-refractivity contribution in [2.75, 3.05) is 20.1 Å². The lowest BCUT2D eigenvalue weighted by molar-refractivity contribution is 0.1000. The molecule has 1 aromatic carbocycles. The van der Waals surface area contributed by atoms with Crippen LogP contribution in [0, 0.1) is 5.92 Å². The molecule has 104 valence electrons. The second-order valence-electron chi connectivity index (χ2n) is 5.58. The minimum absolute atomic E-state index is 0.366. The van der Waals surface area contributed by atoms with E-state index >= 15 is 0 Å². The third kappa shape index (κ3) is 3.78. The molecular formula is C15H23N3O. The van der Waals surface area contributed by atoms with Crippen molar-refractivity contribution in [2.45, 2.75) is 25.9 Å². The van der Waals surface area contributed by atoms with Gasteiger partial charge in [0.05, 0.1) is 0 Å². The second-order valence-corrected chi connectivity index (χ2v) is 5.58. The van der Waals surface area contributed by atoms with Crippen LogP contribution in [-0.2, 0) is 6.54 Å². The van der Waals surface area contributed by atoms with E-state index in [2.05, 4.69) is 24.2 Å². The molecule has 1 saturated heterocycles. The first-order chi connectivity index (χ1) is 9.06. The Bertz CT molecular complexity index is 447. The molecule has 1 aliphatic rings. The Morgan fingerprint density at radius 1 is 1.53 bits per heavy atom. The van der Waals surface area contributed by atoms with Crippen molar-refractivity contribution in [2.24, 2.45) is 11.7 Å². The molecule has 1 fully saturated rings. The number of rotatable bonds is 4. The van der Waals surface area contributed by atoms with Gasteiger partial charge in [0, 0.05) is 24.7 Å². The van der Waals surface area contributed by atoms with Crippen molar-refractivity contribution in [3.05, 3.63) is 35.4 Å². The molecule has 0 saturated carbocycles. The van der Waals surface area contributed by atoms with E-state index in [1.807, 2.05) is 18.2 Å². The molecule has 0 aromatic heterocycles. The average Bonchev–Trinajstić information content (AvgIpc) is 2.38. The maximum atomic E-state index is 11.1. The average molecular weight is 261 g/mol. The summed E-state index contributed by atoms with van der Waals surface area (Å²) in [6.07, 6.45) is 1.17. The lowest BCUT2D eigenvalue weighted by Gasteiger charge is -2.35. The summed E-state index contributed by atoms with van der Waals surface area (Å²) in [5.74, 6) is 0.285. The number of piperidine rings is 1. The summed E-state index contributed by atoms with van der Waals surface area (Å²) in [5.41, 5.74) is 6.99. The van der Waals surface area contributed by atoms with Gasteiger partial charge in [-0.2, -0.15) is 0 Å². The molecular weight excluding hydrogens is 238 g/mol. The highest BCUT2D eigenvalue weighted by atomic mass is 16.1. The van der Waals surface area contributed by atoms with Gasteiger partial charge in [-0.05, 0) is 43.6 Å². The summed E-state index contributed by atoms with van der Waals surface area (Å²) in [4.78, 5) is 13.5. The van der Waals surface area contributed by atoms with E-state index in [1.54, 1.807) is 6.07 Å². The Hall–Kier alpha value is -1.39. The highest BCUT2D eigenvalue weighted by Crippen LogP contribution is 2.16. The van der Waals surface area contributed by atoms with Crippen LogP contribution in [0.4, 0.5) is 0 Å². The maximum absolute atomic E-state index is 11.1. The summed E-state index contributed by atoms with van der Waals surface area (Å²) in [6, 6.07) is 8.08. The van der Waals surface area contributed by atoms with Crippen molar-refractivity contribution in [3.8, 4) is 0 Å². The first-order valence-electron chi connectivity index (χ1n) is 6.87. The molecule has 1 aromatic rings. The monoisotopic (exact) mass is 261 g/mol. The maximum Gasteiger partial charge on any atom is 0.248 e. The number of nitrogens with two attached hydrogens (primary N) is 1. The highest BCUT2D eigenvalue weighted by Gasteiger charge is 2.23. The van der Waals surface area contributed by atoms with Gasteiger partial charge in [-0.3, -0.25) is 4.79 Å². The van der Waals surface area contributed by atoms with E-state index < -0.39 is 0 Å². The Kier molecular flexibility index (Phi) is 4.56.